The van der Waals surface area contributed by atoms with Crippen LogP contribution < -0.4 is 0 Å². The normalized spacial score (nSPS) is 21.6. The summed E-state index contributed by atoms with van der Waals surface area (Å²) in [6.07, 6.45) is 9.76. The first-order valence-electron chi connectivity index (χ1n) is 10.7. The van der Waals surface area contributed by atoms with E-state index in [9.17, 15) is 0 Å². The van der Waals surface area contributed by atoms with Crippen molar-refractivity contribution in [1.29, 1.82) is 0 Å². The SMILES string of the molecule is CC1Cc2cnn(-c3ccc4c(c3)C=CC4)c2CC1CO[Si](C)(C)C(C)(C)C. The van der Waals surface area contributed by atoms with Crippen molar-refractivity contribution >= 4 is 14.4 Å². The molecule has 0 fully saturated rings. The van der Waals surface area contributed by atoms with Gasteiger partial charge in [0.05, 0.1) is 11.9 Å². The Labute approximate surface area is 170 Å². The standard InChI is InChI=1S/C24H34N2OSi/c1-17-12-20-15-25-26(22-11-10-18-8-7-9-19(18)13-22)23(20)14-21(17)16-27-28(5,6)24(2,3)4/h7,9-11,13,15,17,21H,8,12,14,16H2,1-6H3. The number of hydrogen-bond donors (Lipinski definition) is 0. The predicted molar refractivity (Wildman–Crippen MR) is 120 cm³/mol. The number of aromatic nitrogens is 2. The second-order valence-corrected chi connectivity index (χ2v) is 15.0. The lowest BCUT2D eigenvalue weighted by molar-refractivity contribution is 0.176. The first kappa shape index (κ1) is 19.7. The van der Waals surface area contributed by atoms with Crippen molar-refractivity contribution in [3.05, 3.63) is 52.9 Å². The lowest BCUT2D eigenvalue weighted by atomic mass is 9.80. The van der Waals surface area contributed by atoms with Gasteiger partial charge in [-0.2, -0.15) is 5.10 Å². The molecule has 2 aliphatic carbocycles. The van der Waals surface area contributed by atoms with Crippen LogP contribution in [0.1, 0.15) is 50.1 Å². The molecular formula is C24H34N2OSi. The van der Waals surface area contributed by atoms with E-state index in [0.717, 1.165) is 25.9 Å². The summed E-state index contributed by atoms with van der Waals surface area (Å²) in [5, 5.41) is 5.03. The molecule has 0 aliphatic heterocycles. The quantitative estimate of drug-likeness (QED) is 0.611. The van der Waals surface area contributed by atoms with Crippen molar-refractivity contribution in [3.63, 3.8) is 0 Å². The van der Waals surface area contributed by atoms with E-state index in [4.69, 9.17) is 9.52 Å². The number of rotatable bonds is 4. The van der Waals surface area contributed by atoms with E-state index in [0.29, 0.717) is 11.8 Å². The molecule has 1 heterocycles. The van der Waals surface area contributed by atoms with Crippen LogP contribution in [-0.2, 0) is 23.7 Å². The van der Waals surface area contributed by atoms with E-state index >= 15 is 0 Å². The highest BCUT2D eigenvalue weighted by Gasteiger charge is 2.39. The second-order valence-electron chi connectivity index (χ2n) is 10.2. The lowest BCUT2D eigenvalue weighted by Gasteiger charge is -2.39. The van der Waals surface area contributed by atoms with Crippen LogP contribution in [-0.4, -0.2) is 24.7 Å². The number of benzene rings is 1. The van der Waals surface area contributed by atoms with Crippen molar-refractivity contribution in [3.8, 4) is 5.69 Å². The zero-order valence-electron chi connectivity index (χ0n) is 18.2. The molecular weight excluding hydrogens is 360 g/mol. The van der Waals surface area contributed by atoms with Gasteiger partial charge in [-0.1, -0.05) is 45.9 Å². The van der Waals surface area contributed by atoms with Crippen LogP contribution in [0.5, 0.6) is 0 Å². The Morgan fingerprint density at radius 1 is 1.18 bits per heavy atom. The maximum absolute atomic E-state index is 6.60. The van der Waals surface area contributed by atoms with Crippen LogP contribution in [0.3, 0.4) is 0 Å². The number of nitrogens with zero attached hydrogens (tertiary/aromatic N) is 2. The van der Waals surface area contributed by atoms with Gasteiger partial charge < -0.3 is 4.43 Å². The fraction of sp³-hybridized carbons (Fsp3) is 0.542. The first-order chi connectivity index (χ1) is 13.2. The maximum atomic E-state index is 6.60. The Balaban J connectivity index is 1.56. The highest BCUT2D eigenvalue weighted by Crippen LogP contribution is 2.38. The first-order valence-corrected chi connectivity index (χ1v) is 13.6. The third-order valence-corrected chi connectivity index (χ3v) is 11.7. The molecule has 0 N–H and O–H groups in total. The summed E-state index contributed by atoms with van der Waals surface area (Å²) in [6, 6.07) is 6.76. The summed E-state index contributed by atoms with van der Waals surface area (Å²) >= 11 is 0. The Morgan fingerprint density at radius 3 is 2.71 bits per heavy atom. The lowest BCUT2D eigenvalue weighted by Crippen LogP contribution is -2.43. The van der Waals surface area contributed by atoms with Gasteiger partial charge in [0.2, 0.25) is 0 Å². The molecule has 4 heteroatoms. The summed E-state index contributed by atoms with van der Waals surface area (Å²) < 4.78 is 8.78. The van der Waals surface area contributed by atoms with Crippen LogP contribution in [0, 0.1) is 11.8 Å². The molecule has 2 aliphatic rings. The molecule has 3 nitrogen and oxygen atoms in total. The minimum atomic E-state index is -1.71. The molecule has 2 unspecified atom stereocenters. The van der Waals surface area contributed by atoms with Crippen LogP contribution >= 0.6 is 0 Å². The summed E-state index contributed by atoms with van der Waals surface area (Å²) in [4.78, 5) is 0. The summed E-state index contributed by atoms with van der Waals surface area (Å²) in [5.41, 5.74) is 6.73. The second kappa shape index (κ2) is 6.99. The largest absolute Gasteiger partial charge is 0.417 e. The van der Waals surface area contributed by atoms with Crippen molar-refractivity contribution in [2.75, 3.05) is 6.61 Å². The third kappa shape index (κ3) is 3.53. The highest BCUT2D eigenvalue weighted by atomic mass is 28.4. The van der Waals surface area contributed by atoms with Gasteiger partial charge in [0, 0.05) is 12.3 Å². The van der Waals surface area contributed by atoms with E-state index in [2.05, 4.69) is 82.0 Å². The van der Waals surface area contributed by atoms with Gasteiger partial charge in [0.15, 0.2) is 8.32 Å². The number of fused-ring (bicyclic) bond motifs is 2. The molecule has 0 spiro atoms. The topological polar surface area (TPSA) is 27.1 Å². The van der Waals surface area contributed by atoms with E-state index in [1.54, 1.807) is 0 Å². The van der Waals surface area contributed by atoms with Crippen LogP contribution in [0.4, 0.5) is 0 Å². The van der Waals surface area contributed by atoms with Gasteiger partial charge in [-0.3, -0.25) is 0 Å². The number of hydrogen-bond acceptors (Lipinski definition) is 2. The molecule has 2 atom stereocenters. The van der Waals surface area contributed by atoms with Gasteiger partial charge in [0.1, 0.15) is 0 Å². The third-order valence-electron chi connectivity index (χ3n) is 7.23. The average molecular weight is 395 g/mol. The van der Waals surface area contributed by atoms with Crippen molar-refractivity contribution < 1.29 is 4.43 Å². The smallest absolute Gasteiger partial charge is 0.191 e. The summed E-state index contributed by atoms with van der Waals surface area (Å²) in [7, 11) is -1.71. The molecule has 0 saturated carbocycles. The monoisotopic (exact) mass is 394 g/mol. The zero-order chi connectivity index (χ0) is 20.1. The Kier molecular flexibility index (Phi) is 4.91. The maximum Gasteiger partial charge on any atom is 0.191 e. The van der Waals surface area contributed by atoms with Gasteiger partial charge in [0.25, 0.3) is 0 Å². The summed E-state index contributed by atoms with van der Waals surface area (Å²) in [5.74, 6) is 1.20. The van der Waals surface area contributed by atoms with E-state index in [-0.39, 0.29) is 5.04 Å². The van der Waals surface area contributed by atoms with Crippen LogP contribution in [0.25, 0.3) is 11.8 Å². The van der Waals surface area contributed by atoms with Crippen molar-refractivity contribution in [1.82, 2.24) is 9.78 Å². The van der Waals surface area contributed by atoms with Gasteiger partial charge in [-0.15, -0.1) is 0 Å². The molecule has 0 amide bonds. The molecule has 0 radical (unpaired) electrons. The minimum Gasteiger partial charge on any atom is -0.417 e. The Bertz CT molecular complexity index is 904. The fourth-order valence-corrected chi connectivity index (χ4v) is 5.17. The van der Waals surface area contributed by atoms with Gasteiger partial charge in [-0.25, -0.2) is 4.68 Å². The molecule has 0 saturated heterocycles. The fourth-order valence-electron chi connectivity index (χ4n) is 4.10. The van der Waals surface area contributed by atoms with Crippen molar-refractivity contribution in [2.24, 2.45) is 11.8 Å². The zero-order valence-corrected chi connectivity index (χ0v) is 19.2. The van der Waals surface area contributed by atoms with E-state index < -0.39 is 8.32 Å². The molecule has 4 rings (SSSR count). The molecule has 0 bridgehead atoms. The average Bonchev–Trinajstić information content (AvgIpc) is 3.24. The Morgan fingerprint density at radius 2 is 1.96 bits per heavy atom. The molecule has 1 aromatic carbocycles. The Hall–Kier alpha value is -1.65. The molecule has 28 heavy (non-hydrogen) atoms. The minimum absolute atomic E-state index is 0.260. The van der Waals surface area contributed by atoms with Crippen LogP contribution in [0.2, 0.25) is 18.1 Å². The highest BCUT2D eigenvalue weighted by molar-refractivity contribution is 6.74. The number of allylic oxidation sites excluding steroid dienone is 1. The van der Waals surface area contributed by atoms with E-state index in [1.807, 2.05) is 0 Å². The molecule has 150 valence electrons. The predicted octanol–water partition coefficient (Wildman–Crippen LogP) is 5.81. The van der Waals surface area contributed by atoms with Gasteiger partial charge in [-0.05, 0) is 78.1 Å². The van der Waals surface area contributed by atoms with Crippen molar-refractivity contribution in [2.45, 2.75) is 65.1 Å². The molecule has 1 aromatic heterocycles. The summed E-state index contributed by atoms with van der Waals surface area (Å²) in [6.45, 7) is 14.9. The van der Waals surface area contributed by atoms with Gasteiger partial charge >= 0.3 is 0 Å². The van der Waals surface area contributed by atoms with Crippen LogP contribution in [0.15, 0.2) is 30.5 Å². The van der Waals surface area contributed by atoms with E-state index in [1.165, 1.54) is 28.1 Å². The molecule has 2 aromatic rings.